The number of amides is 2. The van der Waals surface area contributed by atoms with E-state index in [0.29, 0.717) is 17.5 Å². The Morgan fingerprint density at radius 1 is 1.21 bits per heavy atom. The molecular formula is C14H13NO4. The average Bonchev–Trinajstić information content (AvgIpc) is 2.68. The SMILES string of the molecule is C=CC(=O)OCCCN1C(=O)c2ccccc2C1=O. The van der Waals surface area contributed by atoms with Crippen LogP contribution in [0.15, 0.2) is 36.9 Å². The largest absolute Gasteiger partial charge is 0.462 e. The van der Waals surface area contributed by atoms with E-state index < -0.39 is 5.97 Å². The minimum atomic E-state index is -0.512. The molecule has 2 rings (SSSR count). The molecule has 5 nitrogen and oxygen atoms in total. The van der Waals surface area contributed by atoms with Gasteiger partial charge >= 0.3 is 5.97 Å². The molecule has 0 aromatic heterocycles. The molecule has 1 aromatic rings. The number of nitrogens with zero attached hydrogens (tertiary/aromatic N) is 1. The molecule has 0 saturated carbocycles. The van der Waals surface area contributed by atoms with Gasteiger partial charge in [-0.1, -0.05) is 18.7 Å². The average molecular weight is 259 g/mol. The maximum Gasteiger partial charge on any atom is 0.330 e. The van der Waals surface area contributed by atoms with E-state index in [1.165, 1.54) is 4.90 Å². The second-order valence-electron chi connectivity index (χ2n) is 4.03. The zero-order valence-electron chi connectivity index (χ0n) is 10.3. The second-order valence-corrected chi connectivity index (χ2v) is 4.03. The molecule has 1 heterocycles. The van der Waals surface area contributed by atoms with Crippen molar-refractivity contribution in [1.82, 2.24) is 4.90 Å². The van der Waals surface area contributed by atoms with Crippen molar-refractivity contribution in [2.24, 2.45) is 0 Å². The Morgan fingerprint density at radius 2 is 1.79 bits per heavy atom. The summed E-state index contributed by atoms with van der Waals surface area (Å²) < 4.78 is 4.79. The number of rotatable bonds is 5. The summed E-state index contributed by atoms with van der Waals surface area (Å²) >= 11 is 0. The van der Waals surface area contributed by atoms with Crippen molar-refractivity contribution in [3.63, 3.8) is 0 Å². The van der Waals surface area contributed by atoms with E-state index in [0.717, 1.165) is 6.08 Å². The molecule has 1 aliphatic heterocycles. The highest BCUT2D eigenvalue weighted by Crippen LogP contribution is 2.22. The third-order valence-corrected chi connectivity index (χ3v) is 2.82. The van der Waals surface area contributed by atoms with Gasteiger partial charge in [0.25, 0.3) is 11.8 Å². The highest BCUT2D eigenvalue weighted by Gasteiger charge is 2.34. The minimum Gasteiger partial charge on any atom is -0.462 e. The number of carbonyl (C=O) groups excluding carboxylic acids is 3. The summed E-state index contributed by atoms with van der Waals surface area (Å²) in [6, 6.07) is 6.71. The van der Waals surface area contributed by atoms with E-state index in [1.807, 2.05) is 0 Å². The van der Waals surface area contributed by atoms with Gasteiger partial charge in [0.15, 0.2) is 0 Å². The van der Waals surface area contributed by atoms with E-state index >= 15 is 0 Å². The molecule has 2 amide bonds. The summed E-state index contributed by atoms with van der Waals surface area (Å²) in [7, 11) is 0. The third-order valence-electron chi connectivity index (χ3n) is 2.82. The van der Waals surface area contributed by atoms with Crippen molar-refractivity contribution in [3.8, 4) is 0 Å². The Morgan fingerprint density at radius 3 is 2.32 bits per heavy atom. The lowest BCUT2D eigenvalue weighted by atomic mass is 10.1. The first-order chi connectivity index (χ1) is 9.15. The van der Waals surface area contributed by atoms with E-state index in [9.17, 15) is 14.4 Å². The Balaban J connectivity index is 1.93. The van der Waals surface area contributed by atoms with Gasteiger partial charge in [-0.25, -0.2) is 4.79 Å². The molecule has 0 fully saturated rings. The molecule has 0 saturated heterocycles. The van der Waals surface area contributed by atoms with Gasteiger partial charge < -0.3 is 4.74 Å². The molecule has 1 aliphatic rings. The fourth-order valence-electron chi connectivity index (χ4n) is 1.90. The van der Waals surface area contributed by atoms with E-state index in [-0.39, 0.29) is 25.0 Å². The van der Waals surface area contributed by atoms with Crippen LogP contribution in [0.25, 0.3) is 0 Å². The van der Waals surface area contributed by atoms with Crippen molar-refractivity contribution in [3.05, 3.63) is 48.0 Å². The fraction of sp³-hybridized carbons (Fsp3) is 0.214. The van der Waals surface area contributed by atoms with Gasteiger partial charge in [0.1, 0.15) is 0 Å². The maximum absolute atomic E-state index is 12.0. The molecule has 0 unspecified atom stereocenters. The highest BCUT2D eigenvalue weighted by molar-refractivity contribution is 6.21. The van der Waals surface area contributed by atoms with E-state index in [1.54, 1.807) is 24.3 Å². The Bertz CT molecular complexity index is 515. The number of ether oxygens (including phenoxy) is 1. The first kappa shape index (κ1) is 13.0. The summed E-state index contributed by atoms with van der Waals surface area (Å²) in [4.78, 5) is 35.9. The Kier molecular flexibility index (Phi) is 3.75. The van der Waals surface area contributed by atoms with Gasteiger partial charge in [0.2, 0.25) is 0 Å². The summed E-state index contributed by atoms with van der Waals surface area (Å²) in [6.07, 6.45) is 1.48. The molecule has 0 spiro atoms. The molecular weight excluding hydrogens is 246 g/mol. The van der Waals surface area contributed by atoms with Crippen LogP contribution in [0.3, 0.4) is 0 Å². The van der Waals surface area contributed by atoms with Crippen LogP contribution in [0.5, 0.6) is 0 Å². The van der Waals surface area contributed by atoms with Crippen molar-refractivity contribution in [1.29, 1.82) is 0 Å². The maximum atomic E-state index is 12.0. The molecule has 0 radical (unpaired) electrons. The molecule has 98 valence electrons. The Hall–Kier alpha value is -2.43. The fourth-order valence-corrected chi connectivity index (χ4v) is 1.90. The first-order valence-corrected chi connectivity index (χ1v) is 5.89. The quantitative estimate of drug-likeness (QED) is 0.347. The lowest BCUT2D eigenvalue weighted by Gasteiger charge is -2.13. The lowest BCUT2D eigenvalue weighted by Crippen LogP contribution is -2.31. The van der Waals surface area contributed by atoms with Crippen LogP contribution in [-0.4, -0.2) is 35.8 Å². The second kappa shape index (κ2) is 5.48. The van der Waals surface area contributed by atoms with Gasteiger partial charge in [-0.3, -0.25) is 14.5 Å². The number of esters is 1. The van der Waals surface area contributed by atoms with Gasteiger partial charge in [-0.15, -0.1) is 0 Å². The highest BCUT2D eigenvalue weighted by atomic mass is 16.5. The minimum absolute atomic E-state index is 0.151. The molecule has 0 atom stereocenters. The number of hydrogen-bond donors (Lipinski definition) is 0. The van der Waals surface area contributed by atoms with Crippen LogP contribution in [0, 0.1) is 0 Å². The number of carbonyl (C=O) groups is 3. The van der Waals surface area contributed by atoms with Gasteiger partial charge in [-0.05, 0) is 18.6 Å². The van der Waals surface area contributed by atoms with Crippen LogP contribution in [0.2, 0.25) is 0 Å². The van der Waals surface area contributed by atoms with Gasteiger partial charge in [0, 0.05) is 12.6 Å². The predicted molar refractivity (Wildman–Crippen MR) is 67.6 cm³/mol. The predicted octanol–water partition coefficient (Wildman–Crippen LogP) is 1.40. The molecule has 1 aromatic carbocycles. The van der Waals surface area contributed by atoms with Gasteiger partial charge in [0.05, 0.1) is 17.7 Å². The van der Waals surface area contributed by atoms with Crippen LogP contribution >= 0.6 is 0 Å². The third kappa shape index (κ3) is 2.54. The van der Waals surface area contributed by atoms with Gasteiger partial charge in [-0.2, -0.15) is 0 Å². The molecule has 0 bridgehead atoms. The van der Waals surface area contributed by atoms with Crippen molar-refractivity contribution >= 4 is 17.8 Å². The van der Waals surface area contributed by atoms with Crippen LogP contribution in [-0.2, 0) is 9.53 Å². The summed E-state index contributed by atoms with van der Waals surface area (Å²) in [5.74, 6) is -1.10. The summed E-state index contributed by atoms with van der Waals surface area (Å²) in [5.41, 5.74) is 0.853. The summed E-state index contributed by atoms with van der Waals surface area (Å²) in [6.45, 7) is 3.66. The van der Waals surface area contributed by atoms with Crippen molar-refractivity contribution in [2.75, 3.05) is 13.2 Å². The molecule has 0 aliphatic carbocycles. The Labute approximate surface area is 110 Å². The van der Waals surface area contributed by atoms with E-state index in [2.05, 4.69) is 6.58 Å². The normalized spacial score (nSPS) is 13.4. The zero-order valence-corrected chi connectivity index (χ0v) is 10.3. The topological polar surface area (TPSA) is 63.7 Å². The van der Waals surface area contributed by atoms with Crippen molar-refractivity contribution < 1.29 is 19.1 Å². The first-order valence-electron chi connectivity index (χ1n) is 5.89. The molecule has 19 heavy (non-hydrogen) atoms. The number of fused-ring (bicyclic) bond motifs is 1. The summed E-state index contributed by atoms with van der Waals surface area (Å²) in [5, 5.41) is 0. The number of benzene rings is 1. The zero-order chi connectivity index (χ0) is 13.8. The number of imide groups is 1. The van der Waals surface area contributed by atoms with Crippen LogP contribution in [0.1, 0.15) is 27.1 Å². The monoisotopic (exact) mass is 259 g/mol. The molecule has 0 N–H and O–H groups in total. The molecule has 5 heteroatoms. The van der Waals surface area contributed by atoms with Crippen LogP contribution in [0.4, 0.5) is 0 Å². The lowest BCUT2D eigenvalue weighted by molar-refractivity contribution is -0.137. The van der Waals surface area contributed by atoms with E-state index in [4.69, 9.17) is 4.74 Å². The standard InChI is InChI=1S/C14H13NO4/c1-2-12(16)19-9-5-8-15-13(17)10-6-3-4-7-11(10)14(15)18/h2-4,6-7H,1,5,8-9H2. The van der Waals surface area contributed by atoms with Crippen LogP contribution < -0.4 is 0 Å². The smallest absolute Gasteiger partial charge is 0.330 e. The number of hydrogen-bond acceptors (Lipinski definition) is 4. The van der Waals surface area contributed by atoms with Crippen molar-refractivity contribution in [2.45, 2.75) is 6.42 Å².